The quantitative estimate of drug-likeness (QED) is 0.665. The van der Waals surface area contributed by atoms with Crippen LogP contribution in [0.15, 0.2) is 42.5 Å². The number of aromatic nitrogens is 2. The molecule has 1 aliphatic carbocycles. The van der Waals surface area contributed by atoms with Crippen LogP contribution in [0.4, 0.5) is 0 Å². The first kappa shape index (κ1) is 18.7. The van der Waals surface area contributed by atoms with Gasteiger partial charge < -0.3 is 15.9 Å². The van der Waals surface area contributed by atoms with Gasteiger partial charge in [0.25, 0.3) is 0 Å². The molecule has 0 radical (unpaired) electrons. The molecule has 3 atom stereocenters. The molecule has 1 aromatic heterocycles. The number of allylic oxidation sites excluding steroid dienone is 4. The average molecular weight is 353 g/mol. The van der Waals surface area contributed by atoms with Gasteiger partial charge in [-0.2, -0.15) is 0 Å². The van der Waals surface area contributed by atoms with Crippen LogP contribution >= 0.6 is 0 Å². The molecule has 0 fully saturated rings. The molecule has 0 amide bonds. The third-order valence-corrected chi connectivity index (χ3v) is 4.89. The summed E-state index contributed by atoms with van der Waals surface area (Å²) in [4.78, 5) is 9.76. The van der Waals surface area contributed by atoms with Crippen LogP contribution in [0.25, 0.3) is 11.0 Å². The Balaban J connectivity index is 1.95. The highest BCUT2D eigenvalue weighted by atomic mass is 16.3. The van der Waals surface area contributed by atoms with Crippen LogP contribution in [0.5, 0.6) is 0 Å². The van der Waals surface area contributed by atoms with E-state index in [0.717, 1.165) is 48.1 Å². The zero-order valence-electron chi connectivity index (χ0n) is 15.2. The second kappa shape index (κ2) is 8.54. The van der Waals surface area contributed by atoms with E-state index in [1.807, 2.05) is 12.1 Å². The lowest BCUT2D eigenvalue weighted by Gasteiger charge is -2.18. The summed E-state index contributed by atoms with van der Waals surface area (Å²) >= 11 is 0. The Morgan fingerprint density at radius 3 is 2.77 bits per heavy atom. The predicted molar refractivity (Wildman–Crippen MR) is 104 cm³/mol. The van der Waals surface area contributed by atoms with Crippen molar-refractivity contribution in [1.29, 1.82) is 0 Å². The highest BCUT2D eigenvalue weighted by Gasteiger charge is 2.18. The van der Waals surface area contributed by atoms with Gasteiger partial charge in [-0.1, -0.05) is 37.3 Å². The molecule has 26 heavy (non-hydrogen) atoms. The van der Waals surface area contributed by atoms with E-state index in [-0.39, 0.29) is 12.5 Å². The summed E-state index contributed by atoms with van der Waals surface area (Å²) in [6, 6.07) is 5.48. The molecule has 3 unspecified atom stereocenters. The van der Waals surface area contributed by atoms with Crippen molar-refractivity contribution in [1.82, 2.24) is 9.97 Å². The lowest BCUT2D eigenvalue weighted by atomic mass is 9.93. The number of nitrogens with two attached hydrogens (primary N) is 1. The molecule has 1 aromatic carbocycles. The monoisotopic (exact) mass is 353 g/mol. The van der Waals surface area contributed by atoms with E-state index in [1.165, 1.54) is 0 Å². The summed E-state index contributed by atoms with van der Waals surface area (Å²) in [6.07, 6.45) is 11.1. The molecule has 2 aromatic rings. The molecule has 0 bridgehead atoms. The van der Waals surface area contributed by atoms with Crippen molar-refractivity contribution >= 4 is 11.0 Å². The van der Waals surface area contributed by atoms with Crippen molar-refractivity contribution in [3.63, 3.8) is 0 Å². The van der Waals surface area contributed by atoms with Crippen LogP contribution < -0.4 is 5.73 Å². The van der Waals surface area contributed by atoms with Crippen molar-refractivity contribution in [3.05, 3.63) is 59.5 Å². The summed E-state index contributed by atoms with van der Waals surface area (Å²) in [5.74, 6) is 0.533. The first-order valence-corrected chi connectivity index (χ1v) is 9.26. The van der Waals surface area contributed by atoms with Crippen LogP contribution in [0.3, 0.4) is 0 Å². The van der Waals surface area contributed by atoms with Crippen LogP contribution in [0.2, 0.25) is 0 Å². The molecule has 5 nitrogen and oxygen atoms in total. The van der Waals surface area contributed by atoms with Crippen LogP contribution in [0, 0.1) is 5.92 Å². The molecule has 5 heteroatoms. The zero-order chi connectivity index (χ0) is 18.5. The smallest absolute Gasteiger partial charge is 0.128 e. The number of rotatable bonds is 7. The zero-order valence-corrected chi connectivity index (χ0v) is 15.2. The summed E-state index contributed by atoms with van der Waals surface area (Å²) in [5.41, 5.74) is 9.82. The Morgan fingerprint density at radius 2 is 2.08 bits per heavy atom. The third kappa shape index (κ3) is 4.36. The fraction of sp³-hybridized carbons (Fsp3) is 0.429. The van der Waals surface area contributed by atoms with Crippen molar-refractivity contribution in [3.8, 4) is 0 Å². The fourth-order valence-corrected chi connectivity index (χ4v) is 3.28. The Kier molecular flexibility index (Phi) is 6.14. The van der Waals surface area contributed by atoms with Crippen LogP contribution in [-0.2, 0) is 6.42 Å². The molecule has 1 aliphatic rings. The van der Waals surface area contributed by atoms with Crippen molar-refractivity contribution in [2.24, 2.45) is 11.7 Å². The molecular formula is C21H27N3O2. The Labute approximate surface area is 154 Å². The third-order valence-electron chi connectivity index (χ3n) is 4.89. The maximum atomic E-state index is 9.63. The van der Waals surface area contributed by atoms with E-state index in [1.54, 1.807) is 6.07 Å². The molecule has 0 saturated carbocycles. The van der Waals surface area contributed by atoms with E-state index in [0.29, 0.717) is 11.5 Å². The standard InChI is InChI=1S/C21H27N3O2/c1-14(13-25)6-5-9-18-20(15-7-3-2-4-8-15)24-17-11-10-16(21(22)26)12-19(17)23-18/h2-4,7,10-12,14-15,21,25-26H,5-6,8-9,13,22H2,1H3. The van der Waals surface area contributed by atoms with Gasteiger partial charge in [-0.05, 0) is 49.3 Å². The molecule has 0 aliphatic heterocycles. The maximum absolute atomic E-state index is 9.63. The summed E-state index contributed by atoms with van der Waals surface area (Å²) < 4.78 is 0. The maximum Gasteiger partial charge on any atom is 0.128 e. The van der Waals surface area contributed by atoms with E-state index >= 15 is 0 Å². The van der Waals surface area contributed by atoms with E-state index in [4.69, 9.17) is 15.7 Å². The second-order valence-electron chi connectivity index (χ2n) is 7.08. The van der Waals surface area contributed by atoms with Gasteiger partial charge in [0.15, 0.2) is 0 Å². The summed E-state index contributed by atoms with van der Waals surface area (Å²) in [7, 11) is 0. The lowest BCUT2D eigenvalue weighted by molar-refractivity contribution is 0.186. The van der Waals surface area contributed by atoms with Gasteiger partial charge in [0.2, 0.25) is 0 Å². The van der Waals surface area contributed by atoms with Gasteiger partial charge in [0.1, 0.15) is 6.23 Å². The Hall–Kier alpha value is -2.08. The normalized spacial score (nSPS) is 19.0. The van der Waals surface area contributed by atoms with Crippen molar-refractivity contribution < 1.29 is 10.2 Å². The number of aliphatic hydroxyl groups excluding tert-OH is 2. The average Bonchev–Trinajstić information content (AvgIpc) is 2.67. The lowest BCUT2D eigenvalue weighted by Crippen LogP contribution is -2.11. The largest absolute Gasteiger partial charge is 0.396 e. The number of hydrogen-bond acceptors (Lipinski definition) is 5. The van der Waals surface area contributed by atoms with Gasteiger partial charge in [-0.25, -0.2) is 9.97 Å². The van der Waals surface area contributed by atoms with Crippen LogP contribution in [-0.4, -0.2) is 26.8 Å². The number of aliphatic hydroxyl groups is 2. The Morgan fingerprint density at radius 1 is 1.23 bits per heavy atom. The van der Waals surface area contributed by atoms with E-state index in [2.05, 4.69) is 31.2 Å². The first-order valence-electron chi connectivity index (χ1n) is 9.26. The minimum absolute atomic E-state index is 0.212. The van der Waals surface area contributed by atoms with Gasteiger partial charge >= 0.3 is 0 Å². The number of fused-ring (bicyclic) bond motifs is 1. The van der Waals surface area contributed by atoms with E-state index in [9.17, 15) is 10.2 Å². The highest BCUT2D eigenvalue weighted by molar-refractivity contribution is 5.75. The molecule has 1 heterocycles. The highest BCUT2D eigenvalue weighted by Crippen LogP contribution is 2.28. The fourth-order valence-electron chi connectivity index (χ4n) is 3.28. The van der Waals surface area contributed by atoms with Gasteiger partial charge in [-0.15, -0.1) is 0 Å². The number of nitrogens with zero attached hydrogens (tertiary/aromatic N) is 2. The minimum atomic E-state index is -1.01. The summed E-state index contributed by atoms with van der Waals surface area (Å²) in [5, 5.41) is 18.9. The number of benzene rings is 1. The van der Waals surface area contributed by atoms with E-state index < -0.39 is 6.23 Å². The molecular weight excluding hydrogens is 326 g/mol. The molecule has 138 valence electrons. The molecule has 4 N–H and O–H groups in total. The van der Waals surface area contributed by atoms with Gasteiger partial charge in [0.05, 0.1) is 22.4 Å². The minimum Gasteiger partial charge on any atom is -0.396 e. The summed E-state index contributed by atoms with van der Waals surface area (Å²) in [6.45, 7) is 2.26. The van der Waals surface area contributed by atoms with Crippen molar-refractivity contribution in [2.45, 2.75) is 44.8 Å². The predicted octanol–water partition coefficient (Wildman–Crippen LogP) is 3.13. The molecule has 3 rings (SSSR count). The second-order valence-corrected chi connectivity index (χ2v) is 7.08. The first-order chi connectivity index (χ1) is 12.6. The number of hydrogen-bond donors (Lipinski definition) is 3. The van der Waals surface area contributed by atoms with Crippen molar-refractivity contribution in [2.75, 3.05) is 6.61 Å². The van der Waals surface area contributed by atoms with Crippen LogP contribution in [0.1, 0.15) is 55.3 Å². The SMILES string of the molecule is CC(CO)CCCc1nc2cc(C(N)O)ccc2nc1C1C=CC=CC1. The topological polar surface area (TPSA) is 92.3 Å². The Bertz CT molecular complexity index is 814. The molecule has 0 spiro atoms. The number of aryl methyl sites for hydroxylation is 1. The van der Waals surface area contributed by atoms with Gasteiger partial charge in [0, 0.05) is 12.5 Å². The molecule has 0 saturated heterocycles. The van der Waals surface area contributed by atoms with Gasteiger partial charge in [-0.3, -0.25) is 0 Å².